The molecule has 4 amide bonds. The van der Waals surface area contributed by atoms with E-state index in [1.807, 2.05) is 4.90 Å². The first-order valence-corrected chi connectivity index (χ1v) is 10.8. The number of aromatic nitrogens is 1. The van der Waals surface area contributed by atoms with Gasteiger partial charge in [0.1, 0.15) is 11.9 Å². The number of fused-ring (bicyclic) bond motifs is 1. The number of carbonyl (C=O) groups excluding carboxylic acids is 4. The third-order valence-corrected chi connectivity index (χ3v) is 6.41. The lowest BCUT2D eigenvalue weighted by Crippen LogP contribution is -2.52. The molecule has 2 fully saturated rings. The van der Waals surface area contributed by atoms with Crippen LogP contribution < -0.4 is 10.2 Å². The number of carbonyl (C=O) groups is 4. The van der Waals surface area contributed by atoms with Gasteiger partial charge in [0.15, 0.2) is 0 Å². The summed E-state index contributed by atoms with van der Waals surface area (Å²) in [5.41, 5.74) is 2.02. The highest BCUT2D eigenvalue weighted by atomic mass is 19.1. The molecule has 0 saturated carbocycles. The highest BCUT2D eigenvalue weighted by Crippen LogP contribution is 2.35. The van der Waals surface area contributed by atoms with Gasteiger partial charge in [-0.05, 0) is 30.7 Å². The normalized spacial score (nSPS) is 20.7. The zero-order valence-corrected chi connectivity index (χ0v) is 17.8. The predicted molar refractivity (Wildman–Crippen MR) is 115 cm³/mol. The largest absolute Gasteiger partial charge is 0.368 e. The maximum absolute atomic E-state index is 14.5. The van der Waals surface area contributed by atoms with E-state index in [1.54, 1.807) is 23.2 Å². The van der Waals surface area contributed by atoms with Gasteiger partial charge in [-0.1, -0.05) is 0 Å². The Morgan fingerprint density at radius 3 is 2.61 bits per heavy atom. The van der Waals surface area contributed by atoms with Crippen LogP contribution in [-0.2, 0) is 16.1 Å². The van der Waals surface area contributed by atoms with Crippen LogP contribution in [0.3, 0.4) is 0 Å². The van der Waals surface area contributed by atoms with Crippen molar-refractivity contribution in [3.63, 3.8) is 0 Å². The number of amides is 4. The van der Waals surface area contributed by atoms with E-state index in [-0.39, 0.29) is 36.8 Å². The predicted octanol–water partition coefficient (Wildman–Crippen LogP) is 0.944. The van der Waals surface area contributed by atoms with Crippen molar-refractivity contribution in [2.24, 2.45) is 0 Å². The van der Waals surface area contributed by atoms with Gasteiger partial charge in [0, 0.05) is 68.4 Å². The van der Waals surface area contributed by atoms with Gasteiger partial charge in [0.2, 0.25) is 11.8 Å². The minimum atomic E-state index is -0.757. The molecular formula is C23H22FN5O4. The van der Waals surface area contributed by atoms with Crippen LogP contribution in [0.1, 0.15) is 39.1 Å². The third-order valence-electron chi connectivity index (χ3n) is 6.41. The molecule has 4 heterocycles. The molecule has 0 bridgehead atoms. The van der Waals surface area contributed by atoms with Gasteiger partial charge in [-0.25, -0.2) is 4.39 Å². The van der Waals surface area contributed by atoms with Crippen LogP contribution in [0.15, 0.2) is 36.7 Å². The Morgan fingerprint density at radius 1 is 1.12 bits per heavy atom. The van der Waals surface area contributed by atoms with E-state index in [2.05, 4.69) is 10.3 Å². The topological polar surface area (TPSA) is 103 Å². The lowest BCUT2D eigenvalue weighted by atomic mass is 10.0. The summed E-state index contributed by atoms with van der Waals surface area (Å²) in [7, 11) is 0. The number of rotatable bonds is 3. The molecule has 3 aliphatic rings. The fraction of sp³-hybridized carbons (Fsp3) is 0.348. The quantitative estimate of drug-likeness (QED) is 0.697. The van der Waals surface area contributed by atoms with E-state index in [4.69, 9.17) is 0 Å². The molecule has 33 heavy (non-hydrogen) atoms. The smallest absolute Gasteiger partial charge is 0.255 e. The molecule has 1 aromatic heterocycles. The molecule has 2 aromatic rings. The van der Waals surface area contributed by atoms with Crippen molar-refractivity contribution in [3.05, 3.63) is 59.2 Å². The number of hydrogen-bond donors (Lipinski definition) is 1. The molecule has 10 heteroatoms. The van der Waals surface area contributed by atoms with Crippen molar-refractivity contribution in [3.8, 4) is 0 Å². The maximum Gasteiger partial charge on any atom is 0.255 e. The van der Waals surface area contributed by atoms with E-state index in [9.17, 15) is 23.6 Å². The summed E-state index contributed by atoms with van der Waals surface area (Å²) in [6, 6.07) is 5.28. The van der Waals surface area contributed by atoms with E-state index < -0.39 is 23.7 Å². The summed E-state index contributed by atoms with van der Waals surface area (Å²) in [5, 5.41) is 2.27. The number of piperidine rings is 1. The van der Waals surface area contributed by atoms with Gasteiger partial charge in [-0.3, -0.25) is 29.5 Å². The van der Waals surface area contributed by atoms with E-state index >= 15 is 0 Å². The minimum Gasteiger partial charge on any atom is -0.368 e. The van der Waals surface area contributed by atoms with Crippen molar-refractivity contribution in [1.29, 1.82) is 0 Å². The summed E-state index contributed by atoms with van der Waals surface area (Å²) in [4.78, 5) is 58.6. The fourth-order valence-corrected chi connectivity index (χ4v) is 4.71. The summed E-state index contributed by atoms with van der Waals surface area (Å²) < 4.78 is 14.5. The lowest BCUT2D eigenvalue weighted by molar-refractivity contribution is -0.136. The number of anilines is 1. The van der Waals surface area contributed by atoms with Crippen LogP contribution >= 0.6 is 0 Å². The number of imide groups is 1. The van der Waals surface area contributed by atoms with Crippen LogP contribution in [0, 0.1) is 5.82 Å². The summed E-state index contributed by atoms with van der Waals surface area (Å²) in [6.07, 6.45) is 3.55. The van der Waals surface area contributed by atoms with Gasteiger partial charge in [0.25, 0.3) is 11.8 Å². The number of halogens is 1. The lowest BCUT2D eigenvalue weighted by Gasteiger charge is -2.37. The summed E-state index contributed by atoms with van der Waals surface area (Å²) >= 11 is 0. The number of piperazine rings is 1. The molecule has 5 rings (SSSR count). The Kier molecular flexibility index (Phi) is 5.27. The molecule has 1 aromatic carbocycles. The van der Waals surface area contributed by atoms with Crippen LogP contribution in [0.5, 0.6) is 0 Å². The van der Waals surface area contributed by atoms with Crippen LogP contribution in [-0.4, -0.2) is 70.6 Å². The second-order valence-electron chi connectivity index (χ2n) is 8.37. The van der Waals surface area contributed by atoms with Crippen molar-refractivity contribution < 1.29 is 23.6 Å². The Balaban J connectivity index is 1.34. The maximum atomic E-state index is 14.5. The average molecular weight is 451 g/mol. The van der Waals surface area contributed by atoms with Crippen LogP contribution in [0.2, 0.25) is 0 Å². The van der Waals surface area contributed by atoms with Crippen molar-refractivity contribution >= 4 is 29.3 Å². The standard InChI is InChI=1S/C23H22FN5O4/c24-15-10-16-17(13-29(23(16)33)18-3-4-20(30)26-21(18)31)19(11-15)27-6-8-28(9-7-27)22(32)14-2-1-5-25-12-14/h1-2,5,10-12,18H,3-4,6-9,13H2,(H,26,30,31). The molecule has 1 unspecified atom stereocenters. The highest BCUT2D eigenvalue weighted by Gasteiger charge is 2.41. The van der Waals surface area contributed by atoms with E-state index in [0.29, 0.717) is 43.0 Å². The van der Waals surface area contributed by atoms with E-state index in [1.165, 1.54) is 23.2 Å². The molecule has 2 saturated heterocycles. The molecule has 9 nitrogen and oxygen atoms in total. The zero-order chi connectivity index (χ0) is 23.1. The average Bonchev–Trinajstić information content (AvgIpc) is 3.15. The second kappa shape index (κ2) is 8.27. The number of pyridine rings is 1. The van der Waals surface area contributed by atoms with Gasteiger partial charge in [0.05, 0.1) is 5.56 Å². The second-order valence-corrected chi connectivity index (χ2v) is 8.37. The van der Waals surface area contributed by atoms with E-state index in [0.717, 1.165) is 0 Å². The first kappa shape index (κ1) is 21.0. The number of benzene rings is 1. The molecular weight excluding hydrogens is 429 g/mol. The Morgan fingerprint density at radius 2 is 1.91 bits per heavy atom. The first-order valence-electron chi connectivity index (χ1n) is 10.8. The molecule has 1 N–H and O–H groups in total. The molecule has 170 valence electrons. The number of nitrogens with zero attached hydrogens (tertiary/aromatic N) is 4. The zero-order valence-electron chi connectivity index (χ0n) is 17.8. The van der Waals surface area contributed by atoms with Crippen LogP contribution in [0.4, 0.5) is 10.1 Å². The summed E-state index contributed by atoms with van der Waals surface area (Å²) in [6.45, 7) is 2.03. The van der Waals surface area contributed by atoms with Crippen LogP contribution in [0.25, 0.3) is 0 Å². The highest BCUT2D eigenvalue weighted by molar-refractivity contribution is 6.06. The van der Waals surface area contributed by atoms with Gasteiger partial charge >= 0.3 is 0 Å². The Labute approximate surface area is 189 Å². The van der Waals surface area contributed by atoms with Crippen molar-refractivity contribution in [2.45, 2.75) is 25.4 Å². The molecule has 0 spiro atoms. The third kappa shape index (κ3) is 3.81. The Hall–Kier alpha value is -3.82. The molecule has 3 aliphatic heterocycles. The molecule has 0 aliphatic carbocycles. The Bertz CT molecular complexity index is 1150. The SMILES string of the molecule is O=C1CCC(N2Cc3c(cc(F)cc3N3CCN(C(=O)c4cccnc4)CC3)C2=O)C(=O)N1. The van der Waals surface area contributed by atoms with Gasteiger partial charge < -0.3 is 14.7 Å². The van der Waals surface area contributed by atoms with Crippen molar-refractivity contribution in [1.82, 2.24) is 20.1 Å². The van der Waals surface area contributed by atoms with Gasteiger partial charge in [-0.2, -0.15) is 0 Å². The molecule has 0 radical (unpaired) electrons. The monoisotopic (exact) mass is 451 g/mol. The number of nitrogens with one attached hydrogen (secondary N) is 1. The summed E-state index contributed by atoms with van der Waals surface area (Å²) in [5.74, 6) is -1.91. The fourth-order valence-electron chi connectivity index (χ4n) is 4.71. The number of hydrogen-bond acceptors (Lipinski definition) is 6. The van der Waals surface area contributed by atoms with Gasteiger partial charge in [-0.15, -0.1) is 0 Å². The van der Waals surface area contributed by atoms with Crippen molar-refractivity contribution in [2.75, 3.05) is 31.1 Å². The first-order chi connectivity index (χ1) is 15.9. The minimum absolute atomic E-state index is 0.105. The molecule has 1 atom stereocenters.